The molecule has 1 unspecified atom stereocenters. The summed E-state index contributed by atoms with van der Waals surface area (Å²) in [6.45, 7) is 2.26. The number of piperidine rings is 1. The van der Waals surface area contributed by atoms with E-state index in [-0.39, 0.29) is 18.3 Å². The van der Waals surface area contributed by atoms with E-state index in [9.17, 15) is 9.90 Å². The van der Waals surface area contributed by atoms with E-state index in [0.29, 0.717) is 27.4 Å². The second-order valence-electron chi connectivity index (χ2n) is 7.53. The van der Waals surface area contributed by atoms with E-state index in [2.05, 4.69) is 9.88 Å². The van der Waals surface area contributed by atoms with Crippen molar-refractivity contribution in [2.24, 2.45) is 0 Å². The van der Waals surface area contributed by atoms with E-state index in [1.807, 2.05) is 10.6 Å². The Balaban J connectivity index is 1.31. The average molecular weight is 471 g/mol. The molecule has 1 saturated heterocycles. The smallest absolute Gasteiger partial charge is 0.326 e. The van der Waals surface area contributed by atoms with Gasteiger partial charge in [0.05, 0.1) is 21.1 Å². The monoisotopic (exact) mass is 469 g/mol. The minimum absolute atomic E-state index is 0.110. The SMILES string of the molecule is O=c1[nH]c2cc(Cl)ccc2n1C1CCN(CC(O)COc2ccc(Cl)c(Cl)c2)CC1. The molecule has 9 heteroatoms. The van der Waals surface area contributed by atoms with E-state index >= 15 is 0 Å². The predicted octanol–water partition coefficient (Wildman–Crippen LogP) is 4.37. The van der Waals surface area contributed by atoms with Gasteiger partial charge in [-0.05, 0) is 43.2 Å². The molecular formula is C21H22Cl3N3O3. The van der Waals surface area contributed by atoms with Crippen LogP contribution in [0.25, 0.3) is 11.0 Å². The summed E-state index contributed by atoms with van der Waals surface area (Å²) in [4.78, 5) is 17.5. The van der Waals surface area contributed by atoms with Gasteiger partial charge in [0.1, 0.15) is 18.5 Å². The summed E-state index contributed by atoms with van der Waals surface area (Å²) >= 11 is 17.9. The van der Waals surface area contributed by atoms with Gasteiger partial charge in [0, 0.05) is 36.8 Å². The molecule has 4 rings (SSSR count). The van der Waals surface area contributed by atoms with Crippen LogP contribution in [0.2, 0.25) is 15.1 Å². The van der Waals surface area contributed by atoms with Crippen LogP contribution in [0.4, 0.5) is 0 Å². The Morgan fingerprint density at radius 1 is 1.10 bits per heavy atom. The molecule has 0 radical (unpaired) electrons. The number of aliphatic hydroxyl groups excluding tert-OH is 1. The minimum atomic E-state index is -0.631. The van der Waals surface area contributed by atoms with E-state index in [1.165, 1.54) is 0 Å². The van der Waals surface area contributed by atoms with Gasteiger partial charge in [0.2, 0.25) is 0 Å². The zero-order valence-electron chi connectivity index (χ0n) is 16.2. The molecule has 30 heavy (non-hydrogen) atoms. The first kappa shape index (κ1) is 21.5. The lowest BCUT2D eigenvalue weighted by Crippen LogP contribution is -2.42. The number of nitrogens with one attached hydrogen (secondary N) is 1. The molecule has 1 aliphatic rings. The Labute approximate surface area is 188 Å². The summed E-state index contributed by atoms with van der Waals surface area (Å²) in [6, 6.07) is 10.6. The molecule has 0 bridgehead atoms. The lowest BCUT2D eigenvalue weighted by molar-refractivity contribution is 0.0559. The normalized spacial score (nSPS) is 16.8. The Hall–Kier alpha value is -1.70. The van der Waals surface area contributed by atoms with Crippen LogP contribution in [-0.2, 0) is 0 Å². The molecule has 1 fully saturated rings. The van der Waals surface area contributed by atoms with Crippen LogP contribution in [0.5, 0.6) is 5.75 Å². The van der Waals surface area contributed by atoms with Gasteiger partial charge in [0.25, 0.3) is 0 Å². The maximum absolute atomic E-state index is 12.4. The highest BCUT2D eigenvalue weighted by Crippen LogP contribution is 2.27. The summed E-state index contributed by atoms with van der Waals surface area (Å²) in [5, 5.41) is 11.8. The van der Waals surface area contributed by atoms with Crippen molar-refractivity contribution in [3.05, 3.63) is 62.0 Å². The van der Waals surface area contributed by atoms with Crippen LogP contribution in [0.1, 0.15) is 18.9 Å². The molecule has 6 nitrogen and oxygen atoms in total. The number of β-amino-alcohol motifs (C(OH)–C–C–N with tert-alkyl or cyclic N) is 1. The summed E-state index contributed by atoms with van der Waals surface area (Å²) < 4.78 is 7.44. The molecule has 1 aromatic heterocycles. The first-order valence-corrected chi connectivity index (χ1v) is 10.9. The number of fused-ring (bicyclic) bond motifs is 1. The van der Waals surface area contributed by atoms with Crippen LogP contribution in [0, 0.1) is 0 Å². The molecule has 160 valence electrons. The number of aliphatic hydroxyl groups is 1. The fourth-order valence-corrected chi connectivity index (χ4v) is 4.40. The lowest BCUT2D eigenvalue weighted by atomic mass is 10.0. The van der Waals surface area contributed by atoms with E-state index in [4.69, 9.17) is 39.5 Å². The third-order valence-electron chi connectivity index (χ3n) is 5.40. The van der Waals surface area contributed by atoms with Crippen molar-refractivity contribution >= 4 is 45.8 Å². The summed E-state index contributed by atoms with van der Waals surface area (Å²) in [6.07, 6.45) is 1.03. The molecule has 3 aromatic rings. The number of imidazole rings is 1. The number of halogens is 3. The van der Waals surface area contributed by atoms with Crippen molar-refractivity contribution in [1.82, 2.24) is 14.5 Å². The Morgan fingerprint density at radius 3 is 2.60 bits per heavy atom. The number of ether oxygens (including phenoxy) is 1. The molecule has 0 spiro atoms. The van der Waals surface area contributed by atoms with Gasteiger partial charge in [-0.3, -0.25) is 4.57 Å². The highest BCUT2D eigenvalue weighted by atomic mass is 35.5. The molecule has 1 atom stereocenters. The second kappa shape index (κ2) is 9.20. The van der Waals surface area contributed by atoms with Gasteiger partial charge in [-0.15, -0.1) is 0 Å². The molecule has 2 heterocycles. The van der Waals surface area contributed by atoms with Crippen LogP contribution in [-0.4, -0.2) is 51.9 Å². The van der Waals surface area contributed by atoms with Crippen molar-refractivity contribution in [3.63, 3.8) is 0 Å². The standard InChI is InChI=1S/C21H22Cl3N3O3/c22-13-1-4-20-19(9-13)25-21(29)27(20)14-5-7-26(8-6-14)11-15(28)12-30-16-2-3-17(23)18(24)10-16/h1-4,9-10,14-15,28H,5-8,11-12H2,(H,25,29). The summed E-state index contributed by atoms with van der Waals surface area (Å²) in [5.74, 6) is 0.570. The van der Waals surface area contributed by atoms with Gasteiger partial charge < -0.3 is 19.7 Å². The predicted molar refractivity (Wildman–Crippen MR) is 120 cm³/mol. The van der Waals surface area contributed by atoms with E-state index in [0.717, 1.165) is 37.0 Å². The Morgan fingerprint density at radius 2 is 1.87 bits per heavy atom. The molecule has 2 N–H and O–H groups in total. The summed E-state index contributed by atoms with van der Waals surface area (Å²) in [7, 11) is 0. The van der Waals surface area contributed by atoms with Crippen LogP contribution in [0.3, 0.4) is 0 Å². The number of hydrogen-bond acceptors (Lipinski definition) is 4. The van der Waals surface area contributed by atoms with Gasteiger partial charge in [-0.25, -0.2) is 4.79 Å². The van der Waals surface area contributed by atoms with Gasteiger partial charge >= 0.3 is 5.69 Å². The largest absolute Gasteiger partial charge is 0.491 e. The van der Waals surface area contributed by atoms with E-state index in [1.54, 1.807) is 30.3 Å². The van der Waals surface area contributed by atoms with Gasteiger partial charge in [-0.1, -0.05) is 34.8 Å². The molecule has 0 aliphatic carbocycles. The van der Waals surface area contributed by atoms with Crippen LogP contribution in [0.15, 0.2) is 41.2 Å². The molecular weight excluding hydrogens is 449 g/mol. The summed E-state index contributed by atoms with van der Waals surface area (Å²) in [5.41, 5.74) is 1.52. The zero-order chi connectivity index (χ0) is 21.3. The Kier molecular flexibility index (Phi) is 6.60. The third kappa shape index (κ3) is 4.79. The van der Waals surface area contributed by atoms with Crippen molar-refractivity contribution in [2.75, 3.05) is 26.2 Å². The molecule has 0 amide bonds. The topological polar surface area (TPSA) is 70.5 Å². The van der Waals surface area contributed by atoms with Crippen molar-refractivity contribution in [3.8, 4) is 5.75 Å². The van der Waals surface area contributed by atoms with Crippen LogP contribution < -0.4 is 10.4 Å². The van der Waals surface area contributed by atoms with E-state index < -0.39 is 6.10 Å². The van der Waals surface area contributed by atoms with Crippen LogP contribution >= 0.6 is 34.8 Å². The maximum Gasteiger partial charge on any atom is 0.326 e. The number of aromatic amines is 1. The average Bonchev–Trinajstić information content (AvgIpc) is 3.04. The van der Waals surface area contributed by atoms with Crippen molar-refractivity contribution in [2.45, 2.75) is 25.0 Å². The number of rotatable bonds is 6. The first-order chi connectivity index (χ1) is 14.4. The number of aromatic nitrogens is 2. The fraction of sp³-hybridized carbons (Fsp3) is 0.381. The highest BCUT2D eigenvalue weighted by Gasteiger charge is 2.25. The van der Waals surface area contributed by atoms with Crippen molar-refractivity contribution in [1.29, 1.82) is 0 Å². The number of benzene rings is 2. The number of hydrogen-bond donors (Lipinski definition) is 2. The molecule has 0 saturated carbocycles. The fourth-order valence-electron chi connectivity index (χ4n) is 3.94. The third-order valence-corrected chi connectivity index (χ3v) is 6.38. The van der Waals surface area contributed by atoms with Gasteiger partial charge in [-0.2, -0.15) is 0 Å². The minimum Gasteiger partial charge on any atom is -0.491 e. The van der Waals surface area contributed by atoms with Crippen molar-refractivity contribution < 1.29 is 9.84 Å². The second-order valence-corrected chi connectivity index (χ2v) is 8.78. The lowest BCUT2D eigenvalue weighted by Gasteiger charge is -2.33. The highest BCUT2D eigenvalue weighted by molar-refractivity contribution is 6.42. The zero-order valence-corrected chi connectivity index (χ0v) is 18.4. The molecule has 2 aromatic carbocycles. The van der Waals surface area contributed by atoms with Gasteiger partial charge in [0.15, 0.2) is 0 Å². The first-order valence-electron chi connectivity index (χ1n) is 9.79. The number of H-pyrrole nitrogens is 1. The Bertz CT molecular complexity index is 1090. The maximum atomic E-state index is 12.4. The molecule has 1 aliphatic heterocycles. The quantitative estimate of drug-likeness (QED) is 0.561. The number of nitrogens with zero attached hydrogens (tertiary/aromatic N) is 2. The number of likely N-dealkylation sites (tertiary alicyclic amines) is 1.